The number of benzene rings is 1. The number of hydrogen-bond acceptors (Lipinski definition) is 4. The number of rotatable bonds is 3. The summed E-state index contributed by atoms with van der Waals surface area (Å²) in [5.41, 5.74) is 2.63. The second-order valence-electron chi connectivity index (χ2n) is 6.79. The predicted octanol–water partition coefficient (Wildman–Crippen LogP) is 5.42. The number of aliphatic hydroxyl groups is 1. The van der Waals surface area contributed by atoms with E-state index < -0.39 is 11.7 Å². The molecule has 3 nitrogen and oxygen atoms in total. The van der Waals surface area contributed by atoms with Gasteiger partial charge in [0, 0.05) is 4.88 Å². The quantitative estimate of drug-likeness (QED) is 0.780. The molecule has 2 atom stereocenters. The molecule has 25 heavy (non-hydrogen) atoms. The number of hydrogen-bond donors (Lipinski definition) is 1. The third-order valence-electron chi connectivity index (χ3n) is 5.18. The summed E-state index contributed by atoms with van der Waals surface area (Å²) in [6, 6.07) is 9.91. The molecule has 2 aliphatic rings. The van der Waals surface area contributed by atoms with Gasteiger partial charge in [-0.2, -0.15) is 0 Å². The van der Waals surface area contributed by atoms with Crippen LogP contribution in [0.4, 0.5) is 0 Å². The highest BCUT2D eigenvalue weighted by Crippen LogP contribution is 2.45. The van der Waals surface area contributed by atoms with Crippen LogP contribution in [-0.4, -0.2) is 22.6 Å². The first kappa shape index (κ1) is 16.8. The molecule has 1 saturated heterocycles. The molecule has 0 saturated carbocycles. The molecule has 2 aliphatic heterocycles. The Morgan fingerprint density at radius 1 is 1.36 bits per heavy atom. The number of fused-ring (bicyclic) bond motifs is 2. The molecular formula is C20H19ClO3S. The van der Waals surface area contributed by atoms with E-state index in [1.165, 1.54) is 11.3 Å². The molecule has 0 radical (unpaired) electrons. The van der Waals surface area contributed by atoms with E-state index in [9.17, 15) is 9.90 Å². The Labute approximate surface area is 155 Å². The number of ketones is 1. The first-order valence-electron chi connectivity index (χ1n) is 8.47. The molecule has 2 bridgehead atoms. The number of ether oxygens (including phenoxy) is 1. The SMILES string of the molecule is CCc1cc(-c2ccc(Cl)s2)ccc1C1=C(O)[C@@]2(C)CC[C@@H](O2)C1=O. The maximum atomic E-state index is 12.8. The van der Waals surface area contributed by atoms with Crippen LogP contribution in [0.25, 0.3) is 16.0 Å². The maximum Gasteiger partial charge on any atom is 0.195 e. The first-order valence-corrected chi connectivity index (χ1v) is 9.67. The zero-order chi connectivity index (χ0) is 17.8. The van der Waals surface area contributed by atoms with Gasteiger partial charge in [0.05, 0.1) is 9.91 Å². The van der Waals surface area contributed by atoms with Crippen LogP contribution < -0.4 is 0 Å². The Balaban J connectivity index is 1.84. The van der Waals surface area contributed by atoms with E-state index >= 15 is 0 Å². The Morgan fingerprint density at radius 3 is 2.84 bits per heavy atom. The number of aryl methyl sites for hydroxylation is 1. The fourth-order valence-corrected chi connectivity index (χ4v) is 4.79. The molecule has 1 aromatic carbocycles. The van der Waals surface area contributed by atoms with Crippen molar-refractivity contribution in [2.75, 3.05) is 0 Å². The summed E-state index contributed by atoms with van der Waals surface area (Å²) in [6.07, 6.45) is 1.67. The van der Waals surface area contributed by atoms with E-state index in [1.807, 2.05) is 31.2 Å². The van der Waals surface area contributed by atoms with Crippen molar-refractivity contribution < 1.29 is 14.6 Å². The lowest BCUT2D eigenvalue weighted by Crippen LogP contribution is -2.37. The first-order chi connectivity index (χ1) is 11.9. The monoisotopic (exact) mass is 374 g/mol. The van der Waals surface area contributed by atoms with E-state index in [2.05, 4.69) is 13.0 Å². The van der Waals surface area contributed by atoms with E-state index in [4.69, 9.17) is 16.3 Å². The van der Waals surface area contributed by atoms with Crippen molar-refractivity contribution in [3.63, 3.8) is 0 Å². The number of carbonyl (C=O) groups excluding carboxylic acids is 1. The van der Waals surface area contributed by atoms with Crippen molar-refractivity contribution in [1.82, 2.24) is 0 Å². The maximum absolute atomic E-state index is 12.8. The third-order valence-corrected chi connectivity index (χ3v) is 6.46. The number of Topliss-reactive ketones (excluding diaryl/α,β-unsaturated/α-hetero) is 1. The fraction of sp³-hybridized carbons (Fsp3) is 0.350. The minimum absolute atomic E-state index is 0.0767. The van der Waals surface area contributed by atoms with Crippen molar-refractivity contribution in [2.24, 2.45) is 0 Å². The average Bonchev–Trinajstić information content (AvgIpc) is 3.19. The third kappa shape index (κ3) is 2.64. The lowest BCUT2D eigenvalue weighted by Gasteiger charge is -2.31. The zero-order valence-electron chi connectivity index (χ0n) is 14.1. The molecule has 3 heterocycles. The zero-order valence-corrected chi connectivity index (χ0v) is 15.7. The van der Waals surface area contributed by atoms with Gasteiger partial charge in [-0.15, -0.1) is 11.3 Å². The minimum Gasteiger partial charge on any atom is -0.508 e. The van der Waals surface area contributed by atoms with E-state index in [-0.39, 0.29) is 11.5 Å². The fourth-order valence-electron chi connectivity index (χ4n) is 3.75. The molecule has 1 aromatic heterocycles. The molecule has 1 fully saturated rings. The lowest BCUT2D eigenvalue weighted by atomic mass is 9.87. The Bertz CT molecular complexity index is 898. The Kier molecular flexibility index (Phi) is 4.02. The normalized spacial score (nSPS) is 25.7. The van der Waals surface area contributed by atoms with Gasteiger partial charge >= 0.3 is 0 Å². The average molecular weight is 375 g/mol. The van der Waals surface area contributed by atoms with Crippen LogP contribution in [0, 0.1) is 0 Å². The molecule has 0 aliphatic carbocycles. The predicted molar refractivity (Wildman–Crippen MR) is 101 cm³/mol. The standard InChI is InChI=1S/C20H19ClO3S/c1-3-11-10-12(15-6-7-16(21)25-15)4-5-13(11)17-18(22)14-8-9-20(2,24-14)19(17)23/h4-7,10,14,23H,3,8-9H2,1-2H3/t14-,20-/m1/s1. The summed E-state index contributed by atoms with van der Waals surface area (Å²) in [5, 5.41) is 10.8. The van der Waals surface area contributed by atoms with Crippen LogP contribution in [0.3, 0.4) is 0 Å². The summed E-state index contributed by atoms with van der Waals surface area (Å²) in [4.78, 5) is 13.9. The second-order valence-corrected chi connectivity index (χ2v) is 8.51. The molecule has 2 aromatic rings. The molecule has 1 N–H and O–H groups in total. The van der Waals surface area contributed by atoms with Gasteiger partial charge < -0.3 is 9.84 Å². The van der Waals surface area contributed by atoms with Crippen LogP contribution in [0.1, 0.15) is 37.8 Å². The van der Waals surface area contributed by atoms with Gasteiger partial charge in [-0.3, -0.25) is 4.79 Å². The van der Waals surface area contributed by atoms with Gasteiger partial charge in [-0.1, -0.05) is 30.7 Å². The van der Waals surface area contributed by atoms with Crippen LogP contribution in [0.15, 0.2) is 36.1 Å². The molecule has 0 amide bonds. The summed E-state index contributed by atoms with van der Waals surface area (Å²) in [7, 11) is 0. The number of carbonyl (C=O) groups is 1. The summed E-state index contributed by atoms with van der Waals surface area (Å²) in [5.74, 6) is -0.0260. The van der Waals surface area contributed by atoms with E-state index in [1.54, 1.807) is 0 Å². The minimum atomic E-state index is -0.737. The highest BCUT2D eigenvalue weighted by molar-refractivity contribution is 7.19. The molecular weight excluding hydrogens is 356 g/mol. The van der Waals surface area contributed by atoms with Crippen molar-refractivity contribution >= 4 is 34.3 Å². The Morgan fingerprint density at radius 2 is 2.16 bits per heavy atom. The van der Waals surface area contributed by atoms with Gasteiger partial charge in [0.25, 0.3) is 0 Å². The Hall–Kier alpha value is -1.62. The van der Waals surface area contributed by atoms with Gasteiger partial charge in [-0.05, 0) is 61.1 Å². The summed E-state index contributed by atoms with van der Waals surface area (Å²) in [6.45, 7) is 3.92. The van der Waals surface area contributed by atoms with Gasteiger partial charge in [-0.25, -0.2) is 0 Å². The molecule has 5 heteroatoms. The highest BCUT2D eigenvalue weighted by atomic mass is 35.5. The van der Waals surface area contributed by atoms with Crippen LogP contribution in [-0.2, 0) is 16.0 Å². The lowest BCUT2D eigenvalue weighted by molar-refractivity contribution is -0.130. The van der Waals surface area contributed by atoms with Gasteiger partial charge in [0.1, 0.15) is 17.5 Å². The summed E-state index contributed by atoms with van der Waals surface area (Å²) < 4.78 is 6.51. The topological polar surface area (TPSA) is 46.5 Å². The van der Waals surface area contributed by atoms with Crippen molar-refractivity contribution in [2.45, 2.75) is 44.8 Å². The number of halogens is 1. The van der Waals surface area contributed by atoms with Crippen molar-refractivity contribution in [1.29, 1.82) is 0 Å². The molecule has 0 unspecified atom stereocenters. The molecule has 0 spiro atoms. The highest BCUT2D eigenvalue weighted by Gasteiger charge is 2.50. The molecule has 130 valence electrons. The number of thiophene rings is 1. The van der Waals surface area contributed by atoms with Crippen molar-refractivity contribution in [3.8, 4) is 10.4 Å². The van der Waals surface area contributed by atoms with Crippen LogP contribution in [0.2, 0.25) is 4.34 Å². The summed E-state index contributed by atoms with van der Waals surface area (Å²) >= 11 is 7.58. The van der Waals surface area contributed by atoms with Crippen LogP contribution in [0.5, 0.6) is 0 Å². The second kappa shape index (κ2) is 5.97. The van der Waals surface area contributed by atoms with Gasteiger partial charge in [0.2, 0.25) is 0 Å². The smallest absolute Gasteiger partial charge is 0.195 e. The largest absolute Gasteiger partial charge is 0.508 e. The van der Waals surface area contributed by atoms with Crippen LogP contribution >= 0.6 is 22.9 Å². The van der Waals surface area contributed by atoms with E-state index in [0.29, 0.717) is 18.4 Å². The molecule has 4 rings (SSSR count). The van der Waals surface area contributed by atoms with Gasteiger partial charge in [0.15, 0.2) is 5.78 Å². The number of aliphatic hydroxyl groups excluding tert-OH is 1. The van der Waals surface area contributed by atoms with Crippen molar-refractivity contribution in [3.05, 3.63) is 51.6 Å². The van der Waals surface area contributed by atoms with E-state index in [0.717, 1.165) is 32.3 Å².